The lowest BCUT2D eigenvalue weighted by atomic mass is 10.1. The van der Waals surface area contributed by atoms with E-state index in [1.807, 2.05) is 0 Å². The van der Waals surface area contributed by atoms with Crippen molar-refractivity contribution in [2.45, 2.75) is 40.5 Å². The Bertz CT molecular complexity index is 413. The molecule has 106 valence electrons. The Morgan fingerprint density at radius 1 is 1.21 bits per heavy atom. The lowest BCUT2D eigenvalue weighted by Crippen LogP contribution is -2.27. The van der Waals surface area contributed by atoms with E-state index in [0.29, 0.717) is 18.9 Å². The summed E-state index contributed by atoms with van der Waals surface area (Å²) in [4.78, 5) is 11.6. The van der Waals surface area contributed by atoms with Crippen molar-refractivity contribution in [3.8, 4) is 0 Å². The molecule has 1 rings (SSSR count). The quantitative estimate of drug-likeness (QED) is 0.792. The van der Waals surface area contributed by atoms with Gasteiger partial charge in [-0.25, -0.2) is 0 Å². The molecule has 0 bridgehead atoms. The van der Waals surface area contributed by atoms with Gasteiger partial charge in [0, 0.05) is 25.2 Å². The Morgan fingerprint density at radius 3 is 2.58 bits per heavy atom. The van der Waals surface area contributed by atoms with Crippen molar-refractivity contribution in [2.24, 2.45) is 5.92 Å². The SMILES string of the molecule is Cc1ccc(NCCC(=O)NCCC(C)C)c(C)c1. The van der Waals surface area contributed by atoms with E-state index >= 15 is 0 Å². The number of hydrogen-bond donors (Lipinski definition) is 2. The van der Waals surface area contributed by atoms with Crippen LogP contribution in [-0.2, 0) is 4.79 Å². The van der Waals surface area contributed by atoms with E-state index in [1.54, 1.807) is 0 Å². The van der Waals surface area contributed by atoms with Crippen LogP contribution < -0.4 is 10.6 Å². The van der Waals surface area contributed by atoms with E-state index in [0.717, 1.165) is 18.7 Å². The fourth-order valence-corrected chi connectivity index (χ4v) is 1.91. The first-order valence-corrected chi connectivity index (χ1v) is 7.07. The number of benzene rings is 1. The largest absolute Gasteiger partial charge is 0.384 e. The highest BCUT2D eigenvalue weighted by molar-refractivity contribution is 5.76. The first-order chi connectivity index (χ1) is 8.99. The highest BCUT2D eigenvalue weighted by Crippen LogP contribution is 2.15. The molecule has 0 aliphatic heterocycles. The lowest BCUT2D eigenvalue weighted by Gasteiger charge is -2.11. The summed E-state index contributed by atoms with van der Waals surface area (Å²) in [6.45, 7) is 9.94. The molecule has 0 spiro atoms. The molecule has 2 N–H and O–H groups in total. The van der Waals surface area contributed by atoms with Gasteiger partial charge in [-0.3, -0.25) is 4.79 Å². The topological polar surface area (TPSA) is 41.1 Å². The maximum absolute atomic E-state index is 11.6. The summed E-state index contributed by atoms with van der Waals surface area (Å²) in [7, 11) is 0. The van der Waals surface area contributed by atoms with Crippen molar-refractivity contribution >= 4 is 11.6 Å². The number of anilines is 1. The molecular formula is C16H26N2O. The average Bonchev–Trinajstić information content (AvgIpc) is 2.31. The number of hydrogen-bond acceptors (Lipinski definition) is 2. The van der Waals surface area contributed by atoms with Gasteiger partial charge in [0.25, 0.3) is 0 Å². The molecular weight excluding hydrogens is 236 g/mol. The summed E-state index contributed by atoms with van der Waals surface area (Å²) >= 11 is 0. The minimum atomic E-state index is 0.123. The smallest absolute Gasteiger partial charge is 0.221 e. The van der Waals surface area contributed by atoms with Gasteiger partial charge in [0.2, 0.25) is 5.91 Å². The van der Waals surface area contributed by atoms with Gasteiger partial charge >= 0.3 is 0 Å². The Hall–Kier alpha value is -1.51. The molecule has 0 radical (unpaired) electrons. The first kappa shape index (κ1) is 15.5. The number of carbonyl (C=O) groups excluding carboxylic acids is 1. The Labute approximate surface area is 116 Å². The van der Waals surface area contributed by atoms with E-state index in [2.05, 4.69) is 56.5 Å². The zero-order chi connectivity index (χ0) is 14.3. The van der Waals surface area contributed by atoms with Crippen LogP contribution in [0, 0.1) is 19.8 Å². The molecule has 0 unspecified atom stereocenters. The van der Waals surface area contributed by atoms with Crippen molar-refractivity contribution in [3.63, 3.8) is 0 Å². The molecule has 0 saturated heterocycles. The summed E-state index contributed by atoms with van der Waals surface area (Å²) in [6, 6.07) is 6.30. The third kappa shape index (κ3) is 6.27. The summed E-state index contributed by atoms with van der Waals surface area (Å²) in [5.74, 6) is 0.756. The van der Waals surface area contributed by atoms with Gasteiger partial charge < -0.3 is 10.6 Å². The van der Waals surface area contributed by atoms with E-state index in [9.17, 15) is 4.79 Å². The predicted octanol–water partition coefficient (Wildman–Crippen LogP) is 3.27. The summed E-state index contributed by atoms with van der Waals surface area (Å²) in [5.41, 5.74) is 3.59. The zero-order valence-electron chi connectivity index (χ0n) is 12.5. The van der Waals surface area contributed by atoms with Gasteiger partial charge in [0.1, 0.15) is 0 Å². The third-order valence-corrected chi connectivity index (χ3v) is 3.09. The molecule has 1 aromatic carbocycles. The average molecular weight is 262 g/mol. The van der Waals surface area contributed by atoms with Crippen LogP contribution >= 0.6 is 0 Å². The van der Waals surface area contributed by atoms with E-state index in [4.69, 9.17) is 0 Å². The maximum atomic E-state index is 11.6. The fraction of sp³-hybridized carbons (Fsp3) is 0.562. The van der Waals surface area contributed by atoms with Crippen molar-refractivity contribution in [3.05, 3.63) is 29.3 Å². The van der Waals surface area contributed by atoms with E-state index in [-0.39, 0.29) is 5.91 Å². The molecule has 0 aliphatic carbocycles. The Kier molecular flexibility index (Phi) is 6.40. The van der Waals surface area contributed by atoms with Gasteiger partial charge in [-0.2, -0.15) is 0 Å². The van der Waals surface area contributed by atoms with Crippen LogP contribution in [0.1, 0.15) is 37.8 Å². The number of rotatable bonds is 7. The van der Waals surface area contributed by atoms with Crippen molar-refractivity contribution in [2.75, 3.05) is 18.4 Å². The van der Waals surface area contributed by atoms with E-state index in [1.165, 1.54) is 11.1 Å². The highest BCUT2D eigenvalue weighted by atomic mass is 16.1. The van der Waals surface area contributed by atoms with Gasteiger partial charge in [-0.05, 0) is 37.8 Å². The summed E-state index contributed by atoms with van der Waals surface area (Å²) < 4.78 is 0. The molecule has 3 heteroatoms. The Morgan fingerprint density at radius 2 is 1.95 bits per heavy atom. The number of carbonyl (C=O) groups is 1. The standard InChI is InChI=1S/C16H26N2O/c1-12(2)7-9-18-16(19)8-10-17-15-6-5-13(3)11-14(15)4/h5-6,11-12,17H,7-10H2,1-4H3,(H,18,19). The van der Waals surface area contributed by atoms with Crippen LogP contribution in [0.3, 0.4) is 0 Å². The van der Waals surface area contributed by atoms with Gasteiger partial charge in [0.05, 0.1) is 0 Å². The van der Waals surface area contributed by atoms with Crippen LogP contribution in [0.15, 0.2) is 18.2 Å². The molecule has 1 amide bonds. The van der Waals surface area contributed by atoms with Crippen molar-refractivity contribution < 1.29 is 4.79 Å². The monoisotopic (exact) mass is 262 g/mol. The summed E-state index contributed by atoms with van der Waals surface area (Å²) in [6.07, 6.45) is 1.56. The second kappa shape index (κ2) is 7.82. The molecule has 19 heavy (non-hydrogen) atoms. The highest BCUT2D eigenvalue weighted by Gasteiger charge is 2.02. The maximum Gasteiger partial charge on any atom is 0.221 e. The van der Waals surface area contributed by atoms with Crippen molar-refractivity contribution in [1.29, 1.82) is 0 Å². The van der Waals surface area contributed by atoms with Crippen LogP contribution in [-0.4, -0.2) is 19.0 Å². The second-order valence-corrected chi connectivity index (χ2v) is 5.53. The molecule has 0 atom stereocenters. The zero-order valence-corrected chi connectivity index (χ0v) is 12.5. The minimum Gasteiger partial charge on any atom is -0.384 e. The second-order valence-electron chi connectivity index (χ2n) is 5.53. The number of amides is 1. The van der Waals surface area contributed by atoms with Gasteiger partial charge in [0.15, 0.2) is 0 Å². The molecule has 0 saturated carbocycles. The van der Waals surface area contributed by atoms with Crippen LogP contribution in [0.5, 0.6) is 0 Å². The fourth-order valence-electron chi connectivity index (χ4n) is 1.91. The molecule has 1 aromatic rings. The molecule has 0 aliphatic rings. The molecule has 3 nitrogen and oxygen atoms in total. The normalized spacial score (nSPS) is 10.6. The molecule has 0 aromatic heterocycles. The first-order valence-electron chi connectivity index (χ1n) is 7.07. The minimum absolute atomic E-state index is 0.123. The van der Waals surface area contributed by atoms with Crippen LogP contribution in [0.25, 0.3) is 0 Å². The van der Waals surface area contributed by atoms with Crippen LogP contribution in [0.2, 0.25) is 0 Å². The van der Waals surface area contributed by atoms with Gasteiger partial charge in [-0.15, -0.1) is 0 Å². The number of nitrogens with one attached hydrogen (secondary N) is 2. The summed E-state index contributed by atoms with van der Waals surface area (Å²) in [5, 5.41) is 6.25. The third-order valence-electron chi connectivity index (χ3n) is 3.09. The lowest BCUT2D eigenvalue weighted by molar-refractivity contribution is -0.120. The molecule has 0 fully saturated rings. The van der Waals surface area contributed by atoms with Crippen LogP contribution in [0.4, 0.5) is 5.69 Å². The number of aryl methyl sites for hydroxylation is 2. The van der Waals surface area contributed by atoms with E-state index < -0.39 is 0 Å². The predicted molar refractivity (Wildman–Crippen MR) is 81.5 cm³/mol. The Balaban J connectivity index is 2.24. The van der Waals surface area contributed by atoms with Gasteiger partial charge in [-0.1, -0.05) is 31.5 Å². The van der Waals surface area contributed by atoms with Crippen molar-refractivity contribution in [1.82, 2.24) is 5.32 Å². The molecule has 0 heterocycles.